The summed E-state index contributed by atoms with van der Waals surface area (Å²) in [5.74, 6) is -2.63. The van der Waals surface area contributed by atoms with Gasteiger partial charge >= 0.3 is 0 Å². The zero-order valence-corrected chi connectivity index (χ0v) is 17.0. The Labute approximate surface area is 185 Å². The Balaban J connectivity index is 1.77. The Kier molecular flexibility index (Phi) is 5.95. The highest BCUT2D eigenvalue weighted by Gasteiger charge is 2.25. The molecule has 0 heterocycles. The molecule has 0 aromatic heterocycles. The van der Waals surface area contributed by atoms with Crippen LogP contribution in [0.25, 0.3) is 11.1 Å². The van der Waals surface area contributed by atoms with Crippen molar-refractivity contribution in [1.29, 1.82) is 0 Å². The molecule has 0 amide bonds. The Hall–Kier alpha value is -4.44. The molecule has 0 saturated carbocycles. The van der Waals surface area contributed by atoms with Crippen LogP contribution in [0.5, 0.6) is 0 Å². The summed E-state index contributed by atoms with van der Waals surface area (Å²) in [4.78, 5) is 51.7. The lowest BCUT2D eigenvalue weighted by Gasteiger charge is -2.12. The van der Waals surface area contributed by atoms with E-state index in [1.807, 2.05) is 0 Å². The molecule has 0 saturated heterocycles. The third kappa shape index (κ3) is 4.07. The fourth-order valence-electron chi connectivity index (χ4n) is 3.52. The Morgan fingerprint density at radius 1 is 0.344 bits per heavy atom. The second kappa shape index (κ2) is 9.14. The van der Waals surface area contributed by atoms with Gasteiger partial charge in [-0.1, -0.05) is 109 Å². The van der Waals surface area contributed by atoms with Crippen molar-refractivity contribution in [3.8, 4) is 11.1 Å². The molecule has 0 aliphatic carbocycles. The summed E-state index contributed by atoms with van der Waals surface area (Å²) < 4.78 is 0. The topological polar surface area (TPSA) is 68.3 Å². The molecule has 0 unspecified atom stereocenters. The molecule has 4 aromatic carbocycles. The van der Waals surface area contributed by atoms with Crippen molar-refractivity contribution >= 4 is 23.1 Å². The lowest BCUT2D eigenvalue weighted by atomic mass is 9.88. The highest BCUT2D eigenvalue weighted by Crippen LogP contribution is 2.29. The maximum atomic E-state index is 13.1. The van der Waals surface area contributed by atoms with Crippen LogP contribution < -0.4 is 0 Å². The van der Waals surface area contributed by atoms with Crippen LogP contribution in [0.4, 0.5) is 0 Å². The van der Waals surface area contributed by atoms with E-state index in [0.29, 0.717) is 11.1 Å². The monoisotopic (exact) mass is 418 g/mol. The normalized spacial score (nSPS) is 10.4. The zero-order chi connectivity index (χ0) is 22.5. The molecule has 4 nitrogen and oxygen atoms in total. The van der Waals surface area contributed by atoms with Crippen LogP contribution in [0.15, 0.2) is 109 Å². The van der Waals surface area contributed by atoms with Gasteiger partial charge in [-0.2, -0.15) is 0 Å². The van der Waals surface area contributed by atoms with E-state index in [4.69, 9.17) is 0 Å². The van der Waals surface area contributed by atoms with Crippen LogP contribution in [-0.4, -0.2) is 23.1 Å². The van der Waals surface area contributed by atoms with E-state index in [1.54, 1.807) is 109 Å². The second-order valence-electron chi connectivity index (χ2n) is 7.14. The lowest BCUT2D eigenvalue weighted by Crippen LogP contribution is -2.17. The molecule has 4 heteroatoms. The van der Waals surface area contributed by atoms with Crippen molar-refractivity contribution in [3.05, 3.63) is 131 Å². The van der Waals surface area contributed by atoms with E-state index in [2.05, 4.69) is 0 Å². The quantitative estimate of drug-likeness (QED) is 0.294. The minimum atomic E-state index is -0.677. The zero-order valence-electron chi connectivity index (χ0n) is 17.0. The molecule has 0 bridgehead atoms. The van der Waals surface area contributed by atoms with Crippen molar-refractivity contribution in [2.24, 2.45) is 0 Å². The van der Waals surface area contributed by atoms with Gasteiger partial charge in [-0.3, -0.25) is 19.2 Å². The minimum Gasteiger partial charge on any atom is -0.285 e. The molecular weight excluding hydrogens is 400 g/mol. The summed E-state index contributed by atoms with van der Waals surface area (Å²) >= 11 is 0. The first-order valence-corrected chi connectivity index (χ1v) is 10.0. The first-order valence-electron chi connectivity index (χ1n) is 10.0. The van der Waals surface area contributed by atoms with Crippen LogP contribution in [0.3, 0.4) is 0 Å². The Morgan fingerprint density at radius 2 is 0.656 bits per heavy atom. The summed E-state index contributed by atoms with van der Waals surface area (Å²) in [5, 5.41) is 0. The molecular formula is C28H18O4. The summed E-state index contributed by atoms with van der Waals surface area (Å²) in [6.07, 6.45) is 0. The number of carbonyl (C=O) groups is 4. The molecule has 4 rings (SSSR count). The smallest absolute Gasteiger partial charge is 0.234 e. The predicted octanol–water partition coefficient (Wildman–Crippen LogP) is 5.48. The molecule has 0 fully saturated rings. The number of carbonyl (C=O) groups excluding carboxylic acids is 4. The Morgan fingerprint density at radius 3 is 1.03 bits per heavy atom. The minimum absolute atomic E-state index is 0.175. The van der Waals surface area contributed by atoms with Gasteiger partial charge in [0.25, 0.3) is 0 Å². The van der Waals surface area contributed by atoms with Gasteiger partial charge in [-0.05, 0) is 11.1 Å². The molecule has 0 N–H and O–H groups in total. The van der Waals surface area contributed by atoms with Crippen molar-refractivity contribution in [2.45, 2.75) is 0 Å². The summed E-state index contributed by atoms with van der Waals surface area (Å²) in [7, 11) is 0. The van der Waals surface area contributed by atoms with E-state index in [1.165, 1.54) is 0 Å². The van der Waals surface area contributed by atoms with Gasteiger partial charge < -0.3 is 0 Å². The van der Waals surface area contributed by atoms with Gasteiger partial charge in [0, 0.05) is 22.3 Å². The maximum Gasteiger partial charge on any atom is 0.234 e. The maximum absolute atomic E-state index is 13.1. The fourth-order valence-corrected chi connectivity index (χ4v) is 3.52. The third-order valence-corrected chi connectivity index (χ3v) is 5.12. The van der Waals surface area contributed by atoms with Gasteiger partial charge in [0.05, 0.1) is 0 Å². The number of hydrogen-bond acceptors (Lipinski definition) is 4. The van der Waals surface area contributed by atoms with Gasteiger partial charge in [0.15, 0.2) is 0 Å². The average molecular weight is 418 g/mol. The van der Waals surface area contributed by atoms with Gasteiger partial charge in [0.2, 0.25) is 23.1 Å². The molecule has 0 spiro atoms. The number of Topliss-reactive ketones (excluding diaryl/α,β-unsaturated/α-hetero) is 4. The average Bonchev–Trinajstić information content (AvgIpc) is 2.88. The third-order valence-electron chi connectivity index (χ3n) is 5.12. The molecule has 32 heavy (non-hydrogen) atoms. The van der Waals surface area contributed by atoms with Crippen molar-refractivity contribution < 1.29 is 19.2 Å². The first-order chi connectivity index (χ1) is 15.6. The summed E-state index contributed by atoms with van der Waals surface area (Å²) in [6, 6.07) is 29.8. The number of rotatable bonds is 7. The molecule has 0 radical (unpaired) electrons. The van der Waals surface area contributed by atoms with Gasteiger partial charge in [-0.15, -0.1) is 0 Å². The standard InChI is InChI=1S/C28H18O4/c29-25(19-11-3-1-4-12-19)27(31)23-17-9-7-15-21(23)22-16-8-10-18-24(22)28(32)26(30)20-13-5-2-6-14-20/h1-18H. The predicted molar refractivity (Wildman–Crippen MR) is 122 cm³/mol. The Bertz CT molecular complexity index is 1220. The van der Waals surface area contributed by atoms with E-state index >= 15 is 0 Å². The summed E-state index contributed by atoms with van der Waals surface area (Å²) in [6.45, 7) is 0. The van der Waals surface area contributed by atoms with E-state index in [-0.39, 0.29) is 22.3 Å². The van der Waals surface area contributed by atoms with Crippen LogP contribution >= 0.6 is 0 Å². The fraction of sp³-hybridized carbons (Fsp3) is 0. The molecule has 0 aliphatic rings. The summed E-state index contributed by atoms with van der Waals surface area (Å²) in [5.41, 5.74) is 1.77. The van der Waals surface area contributed by atoms with E-state index < -0.39 is 23.1 Å². The van der Waals surface area contributed by atoms with Crippen LogP contribution in [0, 0.1) is 0 Å². The number of ketones is 4. The van der Waals surface area contributed by atoms with Crippen molar-refractivity contribution in [2.75, 3.05) is 0 Å². The highest BCUT2D eigenvalue weighted by molar-refractivity contribution is 6.51. The molecule has 154 valence electrons. The van der Waals surface area contributed by atoms with E-state index in [9.17, 15) is 19.2 Å². The highest BCUT2D eigenvalue weighted by atomic mass is 16.2. The van der Waals surface area contributed by atoms with Crippen LogP contribution in [-0.2, 0) is 0 Å². The van der Waals surface area contributed by atoms with Gasteiger partial charge in [-0.25, -0.2) is 0 Å². The second-order valence-corrected chi connectivity index (χ2v) is 7.14. The largest absolute Gasteiger partial charge is 0.285 e. The SMILES string of the molecule is O=C(C(=O)c1ccccc1-c1ccccc1C(=O)C(=O)c1ccccc1)c1ccccc1. The van der Waals surface area contributed by atoms with E-state index in [0.717, 1.165) is 0 Å². The number of hydrogen-bond donors (Lipinski definition) is 0. The van der Waals surface area contributed by atoms with Crippen LogP contribution in [0.2, 0.25) is 0 Å². The van der Waals surface area contributed by atoms with Crippen LogP contribution in [0.1, 0.15) is 41.4 Å². The first kappa shape index (κ1) is 20.8. The van der Waals surface area contributed by atoms with Crippen molar-refractivity contribution in [1.82, 2.24) is 0 Å². The molecule has 0 aliphatic heterocycles. The molecule has 4 aromatic rings. The molecule has 0 atom stereocenters. The van der Waals surface area contributed by atoms with Crippen molar-refractivity contribution in [3.63, 3.8) is 0 Å². The number of benzene rings is 4. The van der Waals surface area contributed by atoms with Gasteiger partial charge in [0.1, 0.15) is 0 Å². The lowest BCUT2D eigenvalue weighted by molar-refractivity contribution is 0.0816.